The van der Waals surface area contributed by atoms with Crippen molar-refractivity contribution in [3.8, 4) is 0 Å². The van der Waals surface area contributed by atoms with Crippen LogP contribution in [0.25, 0.3) is 0 Å². The van der Waals surface area contributed by atoms with Crippen molar-refractivity contribution in [3.05, 3.63) is 35.9 Å². The molecule has 0 heterocycles. The lowest BCUT2D eigenvalue weighted by Crippen LogP contribution is -2.29. The molecule has 0 saturated heterocycles. The van der Waals surface area contributed by atoms with Crippen LogP contribution >= 0.6 is 11.6 Å². The highest BCUT2D eigenvalue weighted by Crippen LogP contribution is 2.04. The number of benzene rings is 1. The van der Waals surface area contributed by atoms with E-state index >= 15 is 0 Å². The summed E-state index contributed by atoms with van der Waals surface area (Å²) in [7, 11) is -3.26. The molecule has 1 atom stereocenters. The lowest BCUT2D eigenvalue weighted by molar-refractivity contribution is 0.580. The minimum absolute atomic E-state index is 0.00253. The second-order valence-corrected chi connectivity index (χ2v) is 5.93. The molecule has 0 aliphatic rings. The molecule has 0 amide bonds. The van der Waals surface area contributed by atoms with E-state index in [0.717, 1.165) is 5.56 Å². The van der Waals surface area contributed by atoms with Crippen LogP contribution < -0.4 is 4.72 Å². The summed E-state index contributed by atoms with van der Waals surface area (Å²) in [5.74, 6) is -0.00253. The summed E-state index contributed by atoms with van der Waals surface area (Å²) in [5, 5.41) is -0.199. The summed E-state index contributed by atoms with van der Waals surface area (Å²) < 4.78 is 25.5. The molecule has 0 aliphatic heterocycles. The first kappa shape index (κ1) is 12.5. The molecular formula is C10H14ClNO2S. The zero-order valence-electron chi connectivity index (χ0n) is 8.48. The van der Waals surface area contributed by atoms with Gasteiger partial charge in [0.2, 0.25) is 10.0 Å². The fourth-order valence-electron chi connectivity index (χ4n) is 1.09. The maximum atomic E-state index is 11.5. The Balaban J connectivity index is 2.57. The summed E-state index contributed by atoms with van der Waals surface area (Å²) >= 11 is 5.66. The predicted octanol–water partition coefficient (Wildman–Crippen LogP) is 1.73. The van der Waals surface area contributed by atoms with Gasteiger partial charge in [-0.05, 0) is 12.5 Å². The highest BCUT2D eigenvalue weighted by molar-refractivity contribution is 7.88. The number of nitrogens with one attached hydrogen (secondary N) is 1. The molecule has 3 nitrogen and oxygen atoms in total. The van der Waals surface area contributed by atoms with Crippen LogP contribution in [0, 0.1) is 0 Å². The average molecular weight is 248 g/mol. The van der Waals surface area contributed by atoms with Crippen molar-refractivity contribution in [3.63, 3.8) is 0 Å². The summed E-state index contributed by atoms with van der Waals surface area (Å²) in [6.45, 7) is 2.00. The van der Waals surface area contributed by atoms with E-state index in [4.69, 9.17) is 11.6 Å². The van der Waals surface area contributed by atoms with Crippen LogP contribution in [0.15, 0.2) is 30.3 Å². The van der Waals surface area contributed by atoms with Gasteiger partial charge in [0, 0.05) is 11.9 Å². The van der Waals surface area contributed by atoms with Crippen LogP contribution in [0.4, 0.5) is 0 Å². The van der Waals surface area contributed by atoms with E-state index in [-0.39, 0.29) is 17.7 Å². The molecule has 0 bridgehead atoms. The minimum atomic E-state index is -3.26. The largest absolute Gasteiger partial charge is 0.215 e. The first-order chi connectivity index (χ1) is 6.99. The highest BCUT2D eigenvalue weighted by Gasteiger charge is 2.11. The topological polar surface area (TPSA) is 46.2 Å². The first-order valence-electron chi connectivity index (χ1n) is 4.65. The van der Waals surface area contributed by atoms with Crippen LogP contribution in [0.1, 0.15) is 12.5 Å². The molecule has 1 rings (SSSR count). The maximum Gasteiger partial charge on any atom is 0.215 e. The summed E-state index contributed by atoms with van der Waals surface area (Å²) in [4.78, 5) is 0. The van der Waals surface area contributed by atoms with Crippen LogP contribution in [0.2, 0.25) is 0 Å². The Bertz CT molecular complexity index is 389. The van der Waals surface area contributed by atoms with Gasteiger partial charge in [0.25, 0.3) is 0 Å². The van der Waals surface area contributed by atoms with Gasteiger partial charge in [0.05, 0.1) is 5.75 Å². The Labute approximate surface area is 95.5 Å². The van der Waals surface area contributed by atoms with Gasteiger partial charge in [0.1, 0.15) is 0 Å². The summed E-state index contributed by atoms with van der Waals surface area (Å²) in [6, 6.07) is 9.04. The van der Waals surface area contributed by atoms with Crippen molar-refractivity contribution < 1.29 is 8.42 Å². The molecule has 1 aromatic rings. The minimum Gasteiger partial charge on any atom is -0.213 e. The van der Waals surface area contributed by atoms with Gasteiger partial charge < -0.3 is 0 Å². The third kappa shape index (κ3) is 5.16. The summed E-state index contributed by atoms with van der Waals surface area (Å²) in [5.41, 5.74) is 0.771. The van der Waals surface area contributed by atoms with Gasteiger partial charge in [-0.2, -0.15) is 0 Å². The predicted molar refractivity (Wildman–Crippen MR) is 62.4 cm³/mol. The molecule has 1 unspecified atom stereocenters. The second kappa shape index (κ2) is 5.49. The fourth-order valence-corrected chi connectivity index (χ4v) is 2.49. The average Bonchev–Trinajstić information content (AvgIpc) is 2.16. The van der Waals surface area contributed by atoms with Gasteiger partial charge in [-0.15, -0.1) is 11.6 Å². The number of hydrogen-bond acceptors (Lipinski definition) is 2. The van der Waals surface area contributed by atoms with Crippen molar-refractivity contribution in [1.82, 2.24) is 4.72 Å². The molecule has 1 N–H and O–H groups in total. The molecule has 0 spiro atoms. The fraction of sp³-hybridized carbons (Fsp3) is 0.400. The molecule has 15 heavy (non-hydrogen) atoms. The lowest BCUT2D eigenvalue weighted by Gasteiger charge is -2.07. The van der Waals surface area contributed by atoms with Crippen LogP contribution in [-0.2, 0) is 15.8 Å². The van der Waals surface area contributed by atoms with Crippen molar-refractivity contribution >= 4 is 21.6 Å². The molecule has 0 aromatic heterocycles. The van der Waals surface area contributed by atoms with E-state index in [1.165, 1.54) is 0 Å². The smallest absolute Gasteiger partial charge is 0.213 e. The highest BCUT2D eigenvalue weighted by atomic mass is 35.5. The van der Waals surface area contributed by atoms with Gasteiger partial charge in [-0.3, -0.25) is 0 Å². The Morgan fingerprint density at radius 2 is 1.93 bits per heavy atom. The number of hydrogen-bond donors (Lipinski definition) is 1. The number of halogens is 1. The Morgan fingerprint density at radius 1 is 1.33 bits per heavy atom. The van der Waals surface area contributed by atoms with Crippen LogP contribution in [0.3, 0.4) is 0 Å². The van der Waals surface area contributed by atoms with E-state index in [1.807, 2.05) is 18.2 Å². The summed E-state index contributed by atoms with van der Waals surface area (Å²) in [6.07, 6.45) is 0. The zero-order valence-corrected chi connectivity index (χ0v) is 10.1. The molecule has 0 saturated carbocycles. The van der Waals surface area contributed by atoms with E-state index in [1.54, 1.807) is 19.1 Å². The number of alkyl halides is 1. The Morgan fingerprint density at radius 3 is 2.47 bits per heavy atom. The van der Waals surface area contributed by atoms with E-state index in [9.17, 15) is 8.42 Å². The van der Waals surface area contributed by atoms with Crippen molar-refractivity contribution in [2.24, 2.45) is 0 Å². The normalized spacial score (nSPS) is 13.7. The van der Waals surface area contributed by atoms with Crippen molar-refractivity contribution in [2.45, 2.75) is 18.1 Å². The molecular weight excluding hydrogens is 234 g/mol. The van der Waals surface area contributed by atoms with E-state index < -0.39 is 10.0 Å². The van der Waals surface area contributed by atoms with E-state index in [2.05, 4.69) is 4.72 Å². The molecule has 1 aromatic carbocycles. The van der Waals surface area contributed by atoms with Crippen molar-refractivity contribution in [2.75, 3.05) is 6.54 Å². The molecule has 0 fully saturated rings. The van der Waals surface area contributed by atoms with Gasteiger partial charge in [-0.25, -0.2) is 13.1 Å². The Kier molecular flexibility index (Phi) is 4.57. The molecule has 0 aliphatic carbocycles. The first-order valence-corrected chi connectivity index (χ1v) is 6.74. The maximum absolute atomic E-state index is 11.5. The monoisotopic (exact) mass is 247 g/mol. The van der Waals surface area contributed by atoms with Crippen LogP contribution in [-0.4, -0.2) is 20.3 Å². The van der Waals surface area contributed by atoms with Crippen LogP contribution in [0.5, 0.6) is 0 Å². The molecule has 0 radical (unpaired) electrons. The second-order valence-electron chi connectivity index (χ2n) is 3.37. The standard InChI is InChI=1S/C10H14ClNO2S/c1-9(11)7-12-15(13,14)8-10-5-3-2-4-6-10/h2-6,9,12H,7-8H2,1H3. The van der Waals surface area contributed by atoms with Gasteiger partial charge in [-0.1, -0.05) is 30.3 Å². The number of rotatable bonds is 5. The quantitative estimate of drug-likeness (QED) is 0.806. The van der Waals surface area contributed by atoms with Gasteiger partial charge in [0.15, 0.2) is 0 Å². The van der Waals surface area contributed by atoms with E-state index in [0.29, 0.717) is 0 Å². The van der Waals surface area contributed by atoms with Gasteiger partial charge >= 0.3 is 0 Å². The SMILES string of the molecule is CC(Cl)CNS(=O)(=O)Cc1ccccc1. The third-order valence-electron chi connectivity index (χ3n) is 1.78. The molecule has 84 valence electrons. The third-order valence-corrected chi connectivity index (χ3v) is 3.26. The Hall–Kier alpha value is -0.580. The zero-order chi connectivity index (χ0) is 11.3. The number of sulfonamides is 1. The van der Waals surface area contributed by atoms with Crippen molar-refractivity contribution in [1.29, 1.82) is 0 Å². The molecule has 5 heteroatoms. The lowest BCUT2D eigenvalue weighted by atomic mass is 10.2.